The molecule has 2 aliphatic heterocycles. The van der Waals surface area contributed by atoms with Crippen LogP contribution in [-0.4, -0.2) is 19.7 Å². The molecule has 3 rings (SSSR count). The van der Waals surface area contributed by atoms with Crippen LogP contribution in [0, 0.1) is 12.8 Å². The predicted molar refractivity (Wildman–Crippen MR) is 78.9 cm³/mol. The Hall–Kier alpha value is -1.02. The number of hydrogen-bond acceptors (Lipinski definition) is 2. The maximum atomic E-state index is 6.06. The standard InChI is InChI=1S/C17H25NO/c1-13-10-15-4-2-3-9-19-17(15)16(11-13)12-14-5-7-18-8-6-14/h10-11,14,18H,2-9,12H2,1H3. The first-order valence-corrected chi connectivity index (χ1v) is 7.79. The minimum absolute atomic E-state index is 0.832. The molecule has 0 radical (unpaired) electrons. The van der Waals surface area contributed by atoms with Crippen molar-refractivity contribution in [2.45, 2.75) is 45.4 Å². The third kappa shape index (κ3) is 3.11. The third-order valence-electron chi connectivity index (χ3n) is 4.44. The van der Waals surface area contributed by atoms with E-state index in [-0.39, 0.29) is 0 Å². The highest BCUT2D eigenvalue weighted by atomic mass is 16.5. The van der Waals surface area contributed by atoms with Gasteiger partial charge in [0.25, 0.3) is 0 Å². The molecule has 0 unspecified atom stereocenters. The van der Waals surface area contributed by atoms with Gasteiger partial charge < -0.3 is 10.1 Å². The second-order valence-corrected chi connectivity index (χ2v) is 6.12. The van der Waals surface area contributed by atoms with Gasteiger partial charge in [-0.05, 0) is 75.6 Å². The van der Waals surface area contributed by atoms with Crippen molar-refractivity contribution >= 4 is 0 Å². The number of ether oxygens (including phenoxy) is 1. The highest BCUT2D eigenvalue weighted by Gasteiger charge is 2.19. The van der Waals surface area contributed by atoms with Gasteiger partial charge in [0.15, 0.2) is 0 Å². The number of benzene rings is 1. The van der Waals surface area contributed by atoms with Crippen LogP contribution in [0.2, 0.25) is 0 Å². The van der Waals surface area contributed by atoms with Crippen LogP contribution in [0.3, 0.4) is 0 Å². The smallest absolute Gasteiger partial charge is 0.125 e. The number of fused-ring (bicyclic) bond motifs is 1. The molecule has 0 spiro atoms. The molecule has 2 nitrogen and oxygen atoms in total. The summed E-state index contributed by atoms with van der Waals surface area (Å²) in [4.78, 5) is 0. The number of hydrogen-bond donors (Lipinski definition) is 1. The molecular weight excluding hydrogens is 234 g/mol. The van der Waals surface area contributed by atoms with Crippen molar-refractivity contribution in [3.63, 3.8) is 0 Å². The van der Waals surface area contributed by atoms with Crippen molar-refractivity contribution in [2.75, 3.05) is 19.7 Å². The lowest BCUT2D eigenvalue weighted by Gasteiger charge is -2.24. The number of nitrogens with one attached hydrogen (secondary N) is 1. The normalized spacial score (nSPS) is 20.5. The van der Waals surface area contributed by atoms with Crippen molar-refractivity contribution in [1.82, 2.24) is 5.32 Å². The van der Waals surface area contributed by atoms with Crippen molar-refractivity contribution in [2.24, 2.45) is 5.92 Å². The van der Waals surface area contributed by atoms with Crippen LogP contribution in [0.25, 0.3) is 0 Å². The van der Waals surface area contributed by atoms with E-state index in [1.54, 1.807) is 0 Å². The molecule has 1 aromatic carbocycles. The van der Waals surface area contributed by atoms with Crippen LogP contribution in [-0.2, 0) is 12.8 Å². The summed E-state index contributed by atoms with van der Waals surface area (Å²) in [5.41, 5.74) is 4.30. The van der Waals surface area contributed by atoms with Crippen LogP contribution >= 0.6 is 0 Å². The van der Waals surface area contributed by atoms with Crippen molar-refractivity contribution < 1.29 is 4.74 Å². The summed E-state index contributed by atoms with van der Waals surface area (Å²) in [7, 11) is 0. The van der Waals surface area contributed by atoms with Crippen LogP contribution in [0.5, 0.6) is 5.75 Å². The molecule has 0 amide bonds. The maximum absolute atomic E-state index is 6.06. The third-order valence-corrected chi connectivity index (χ3v) is 4.44. The Balaban J connectivity index is 1.84. The zero-order chi connectivity index (χ0) is 13.1. The fraction of sp³-hybridized carbons (Fsp3) is 0.647. The lowest BCUT2D eigenvalue weighted by Crippen LogP contribution is -2.28. The van der Waals surface area contributed by atoms with Crippen molar-refractivity contribution in [1.29, 1.82) is 0 Å². The van der Waals surface area contributed by atoms with Gasteiger partial charge in [-0.3, -0.25) is 0 Å². The zero-order valence-corrected chi connectivity index (χ0v) is 12.0. The van der Waals surface area contributed by atoms with E-state index in [0.29, 0.717) is 0 Å². The number of aryl methyl sites for hydroxylation is 2. The lowest BCUT2D eigenvalue weighted by molar-refractivity contribution is 0.308. The molecular formula is C17H25NO. The summed E-state index contributed by atoms with van der Waals surface area (Å²) in [6.45, 7) is 5.48. The molecule has 0 saturated carbocycles. The minimum Gasteiger partial charge on any atom is -0.493 e. The maximum Gasteiger partial charge on any atom is 0.125 e. The summed E-state index contributed by atoms with van der Waals surface area (Å²) in [6, 6.07) is 4.68. The van der Waals surface area contributed by atoms with Gasteiger partial charge in [0.2, 0.25) is 0 Å². The monoisotopic (exact) mass is 259 g/mol. The Morgan fingerprint density at radius 1 is 1.21 bits per heavy atom. The first-order chi connectivity index (χ1) is 9.33. The molecule has 1 N–H and O–H groups in total. The van der Waals surface area contributed by atoms with Gasteiger partial charge in [0.05, 0.1) is 6.61 Å². The molecule has 0 aromatic heterocycles. The average Bonchev–Trinajstić information content (AvgIpc) is 2.65. The summed E-state index contributed by atoms with van der Waals surface area (Å²) in [5.74, 6) is 2.06. The SMILES string of the molecule is Cc1cc2c(c(CC3CCNCC3)c1)OCCCC2. The Morgan fingerprint density at radius 2 is 2.05 bits per heavy atom. The molecule has 1 aromatic rings. The molecule has 19 heavy (non-hydrogen) atoms. The first-order valence-electron chi connectivity index (χ1n) is 7.79. The fourth-order valence-electron chi connectivity index (χ4n) is 3.44. The molecule has 0 bridgehead atoms. The Kier molecular flexibility index (Phi) is 4.07. The van der Waals surface area contributed by atoms with Gasteiger partial charge in [-0.1, -0.05) is 17.7 Å². The van der Waals surface area contributed by atoms with Crippen molar-refractivity contribution in [3.05, 3.63) is 28.8 Å². The van der Waals surface area contributed by atoms with E-state index in [1.165, 1.54) is 74.1 Å². The fourth-order valence-corrected chi connectivity index (χ4v) is 3.44. The van der Waals surface area contributed by atoms with Gasteiger partial charge in [0, 0.05) is 0 Å². The lowest BCUT2D eigenvalue weighted by atomic mass is 9.88. The minimum atomic E-state index is 0.832. The van der Waals surface area contributed by atoms with Gasteiger partial charge in [-0.2, -0.15) is 0 Å². The van der Waals surface area contributed by atoms with Crippen LogP contribution in [0.1, 0.15) is 42.4 Å². The van der Waals surface area contributed by atoms with Crippen LogP contribution in [0.15, 0.2) is 12.1 Å². The highest BCUT2D eigenvalue weighted by molar-refractivity contribution is 5.45. The molecule has 2 aliphatic rings. The molecule has 1 saturated heterocycles. The highest BCUT2D eigenvalue weighted by Crippen LogP contribution is 2.32. The second kappa shape index (κ2) is 5.96. The number of rotatable bonds is 2. The molecule has 2 heterocycles. The second-order valence-electron chi connectivity index (χ2n) is 6.12. The Morgan fingerprint density at radius 3 is 2.89 bits per heavy atom. The largest absolute Gasteiger partial charge is 0.493 e. The average molecular weight is 259 g/mol. The summed E-state index contributed by atoms with van der Waals surface area (Å²) in [6.07, 6.45) is 7.47. The molecule has 0 atom stereocenters. The topological polar surface area (TPSA) is 21.3 Å². The Labute approximate surface area is 116 Å². The van der Waals surface area contributed by atoms with E-state index >= 15 is 0 Å². The summed E-state index contributed by atoms with van der Waals surface area (Å²) < 4.78 is 6.06. The molecule has 104 valence electrons. The number of piperidine rings is 1. The van der Waals surface area contributed by atoms with E-state index < -0.39 is 0 Å². The van der Waals surface area contributed by atoms with Crippen LogP contribution in [0.4, 0.5) is 0 Å². The van der Waals surface area contributed by atoms with E-state index in [4.69, 9.17) is 4.74 Å². The summed E-state index contributed by atoms with van der Waals surface area (Å²) in [5, 5.41) is 3.45. The molecule has 2 heteroatoms. The Bertz CT molecular complexity index is 435. The first kappa shape index (κ1) is 13.0. The predicted octanol–water partition coefficient (Wildman–Crippen LogP) is 3.25. The van der Waals surface area contributed by atoms with Crippen molar-refractivity contribution in [3.8, 4) is 5.75 Å². The van der Waals surface area contributed by atoms with E-state index in [2.05, 4.69) is 24.4 Å². The quantitative estimate of drug-likeness (QED) is 0.880. The van der Waals surface area contributed by atoms with Gasteiger partial charge in [-0.15, -0.1) is 0 Å². The van der Waals surface area contributed by atoms with E-state index in [9.17, 15) is 0 Å². The van der Waals surface area contributed by atoms with Gasteiger partial charge in [-0.25, -0.2) is 0 Å². The van der Waals surface area contributed by atoms with E-state index in [1.807, 2.05) is 0 Å². The summed E-state index contributed by atoms with van der Waals surface area (Å²) >= 11 is 0. The molecule has 0 aliphatic carbocycles. The molecule has 1 fully saturated rings. The van der Waals surface area contributed by atoms with E-state index in [0.717, 1.165) is 12.5 Å². The zero-order valence-electron chi connectivity index (χ0n) is 12.0. The van der Waals surface area contributed by atoms with Gasteiger partial charge >= 0.3 is 0 Å². The van der Waals surface area contributed by atoms with Gasteiger partial charge in [0.1, 0.15) is 5.75 Å². The van der Waals surface area contributed by atoms with Crippen LogP contribution < -0.4 is 10.1 Å².